The van der Waals surface area contributed by atoms with E-state index < -0.39 is 6.04 Å². The number of aliphatic imine (C=N–C) groups is 1. The van der Waals surface area contributed by atoms with Crippen LogP contribution in [0.2, 0.25) is 5.02 Å². The lowest BCUT2D eigenvalue weighted by molar-refractivity contribution is -0.123. The highest BCUT2D eigenvalue weighted by Gasteiger charge is 2.24. The molecule has 214 valence electrons. The molecule has 2 atom stereocenters. The van der Waals surface area contributed by atoms with Crippen molar-refractivity contribution in [1.29, 1.82) is 0 Å². The van der Waals surface area contributed by atoms with E-state index in [2.05, 4.69) is 27.4 Å². The van der Waals surface area contributed by atoms with E-state index in [4.69, 9.17) is 22.3 Å². The largest absolute Gasteiger partial charge is 0.403 e. The first kappa shape index (κ1) is 29.0. The first-order valence-electron chi connectivity index (χ1n) is 13.9. The Kier molecular flexibility index (Phi) is 8.64. The Morgan fingerprint density at radius 1 is 1.00 bits per heavy atom. The molecule has 42 heavy (non-hydrogen) atoms. The van der Waals surface area contributed by atoms with Gasteiger partial charge in [-0.3, -0.25) is 24.1 Å². The Hall–Kier alpha value is -4.56. The monoisotopic (exact) mass is 580 g/mol. The van der Waals surface area contributed by atoms with E-state index in [-0.39, 0.29) is 17.4 Å². The van der Waals surface area contributed by atoms with E-state index in [1.54, 1.807) is 30.2 Å². The number of nitrogens with two attached hydrogens (primary N) is 1. The summed E-state index contributed by atoms with van der Waals surface area (Å²) in [6.07, 6.45) is 6.53. The van der Waals surface area contributed by atoms with Crippen LogP contribution in [0.4, 0.5) is 0 Å². The van der Waals surface area contributed by atoms with Crippen molar-refractivity contribution in [3.8, 4) is 22.4 Å². The van der Waals surface area contributed by atoms with Gasteiger partial charge in [0, 0.05) is 47.6 Å². The van der Waals surface area contributed by atoms with Gasteiger partial charge >= 0.3 is 0 Å². The highest BCUT2D eigenvalue weighted by atomic mass is 35.5. The highest BCUT2D eigenvalue weighted by molar-refractivity contribution is 6.31. The van der Waals surface area contributed by atoms with Crippen molar-refractivity contribution in [1.82, 2.24) is 19.9 Å². The fourth-order valence-corrected chi connectivity index (χ4v) is 5.47. The number of carbonyl (C=O) groups excluding carboxylic acids is 1. The Morgan fingerprint density at radius 3 is 2.50 bits per heavy atom. The first-order chi connectivity index (χ1) is 20.3. The summed E-state index contributed by atoms with van der Waals surface area (Å²) in [4.78, 5) is 40.4. The van der Waals surface area contributed by atoms with Crippen molar-refractivity contribution in [3.05, 3.63) is 117 Å². The number of aryl methyl sites for hydroxylation is 1. The van der Waals surface area contributed by atoms with Gasteiger partial charge in [0.2, 0.25) is 5.91 Å². The number of nitrogens with one attached hydrogen (secondary N) is 1. The molecule has 0 fully saturated rings. The maximum absolute atomic E-state index is 13.7. The molecule has 3 heterocycles. The summed E-state index contributed by atoms with van der Waals surface area (Å²) in [5.74, 6) is -0.391. The standard InChI is InChI=1S/C33H33ClN6O2/c1-20-7-9-22(10-8-20)25-12-11-24(34)16-26(25)27-17-31(41)40(19-38-27)30-6-4-5-21(2)33(42)39-29(18-35)32(36-3)23-13-14-37-28(30)15-23/h7-19,21,30H,4-6,35H2,1-3H3,(H,39,42). The number of aromatic nitrogens is 3. The summed E-state index contributed by atoms with van der Waals surface area (Å²) in [6.45, 7) is 3.92. The van der Waals surface area contributed by atoms with Crippen LogP contribution in [0.25, 0.3) is 22.4 Å². The predicted molar refractivity (Wildman–Crippen MR) is 167 cm³/mol. The van der Waals surface area contributed by atoms with Gasteiger partial charge in [-0.25, -0.2) is 4.98 Å². The molecule has 2 bridgehead atoms. The third kappa shape index (κ3) is 6.04. The van der Waals surface area contributed by atoms with Crippen molar-refractivity contribution < 1.29 is 4.79 Å². The fourth-order valence-electron chi connectivity index (χ4n) is 5.30. The number of halogens is 1. The molecular formula is C33H33ClN6O2. The van der Waals surface area contributed by atoms with E-state index in [9.17, 15) is 9.59 Å². The lowest BCUT2D eigenvalue weighted by atomic mass is 9.95. The molecule has 0 saturated heterocycles. The maximum Gasteiger partial charge on any atom is 0.254 e. The minimum atomic E-state index is -0.395. The summed E-state index contributed by atoms with van der Waals surface area (Å²) in [5, 5.41) is 3.47. The van der Waals surface area contributed by atoms with Gasteiger partial charge in [-0.15, -0.1) is 0 Å². The van der Waals surface area contributed by atoms with Crippen LogP contribution >= 0.6 is 11.6 Å². The number of hydrogen-bond donors (Lipinski definition) is 2. The third-order valence-electron chi connectivity index (χ3n) is 7.65. The number of pyridine rings is 1. The lowest BCUT2D eigenvalue weighted by Gasteiger charge is -2.23. The summed E-state index contributed by atoms with van der Waals surface area (Å²) < 4.78 is 1.62. The van der Waals surface area contributed by atoms with Gasteiger partial charge in [-0.1, -0.05) is 60.8 Å². The number of allylic oxidation sites excluding steroid dienone is 1. The molecule has 9 heteroatoms. The summed E-state index contributed by atoms with van der Waals surface area (Å²) >= 11 is 6.39. The zero-order chi connectivity index (χ0) is 29.8. The smallest absolute Gasteiger partial charge is 0.254 e. The van der Waals surface area contributed by atoms with Crippen molar-refractivity contribution in [2.24, 2.45) is 16.6 Å². The third-order valence-corrected chi connectivity index (χ3v) is 7.89. The SMILES string of the molecule is CN=C1C(=CN)NC(=O)C(C)CCCC(n2cnc(-c3cc(Cl)ccc3-c3ccc(C)cc3)cc2=O)c2cc1ccn2. The van der Waals surface area contributed by atoms with E-state index in [0.717, 1.165) is 27.8 Å². The van der Waals surface area contributed by atoms with Gasteiger partial charge in [0.15, 0.2) is 0 Å². The number of nitrogens with zero attached hydrogens (tertiary/aromatic N) is 4. The minimum absolute atomic E-state index is 0.131. The second-order valence-corrected chi connectivity index (χ2v) is 11.0. The molecule has 5 rings (SSSR count). The van der Waals surface area contributed by atoms with Crippen LogP contribution in [0.3, 0.4) is 0 Å². The van der Waals surface area contributed by atoms with Gasteiger partial charge in [-0.05, 0) is 55.2 Å². The lowest BCUT2D eigenvalue weighted by Crippen LogP contribution is -2.33. The molecule has 2 aromatic carbocycles. The molecule has 8 nitrogen and oxygen atoms in total. The Labute approximate surface area is 250 Å². The molecule has 0 aliphatic carbocycles. The number of fused-ring (bicyclic) bond motifs is 2. The summed E-state index contributed by atoms with van der Waals surface area (Å²) in [6, 6.07) is 18.7. The van der Waals surface area contributed by atoms with Crippen LogP contribution < -0.4 is 16.6 Å². The molecular weight excluding hydrogens is 548 g/mol. The number of benzene rings is 2. The molecule has 0 spiro atoms. The van der Waals surface area contributed by atoms with Crippen molar-refractivity contribution >= 4 is 23.2 Å². The van der Waals surface area contributed by atoms with Gasteiger partial charge in [-0.2, -0.15) is 0 Å². The molecule has 4 aromatic rings. The summed E-state index contributed by atoms with van der Waals surface area (Å²) in [5.41, 5.74) is 12.5. The van der Waals surface area contributed by atoms with Crippen molar-refractivity contribution in [2.45, 2.75) is 39.2 Å². The molecule has 1 amide bonds. The first-order valence-corrected chi connectivity index (χ1v) is 14.3. The average molecular weight is 581 g/mol. The topological polar surface area (TPSA) is 115 Å². The van der Waals surface area contributed by atoms with Crippen LogP contribution in [0.5, 0.6) is 0 Å². The van der Waals surface area contributed by atoms with Crippen molar-refractivity contribution in [3.63, 3.8) is 0 Å². The predicted octanol–water partition coefficient (Wildman–Crippen LogP) is 5.68. The number of rotatable bonds is 3. The molecule has 3 N–H and O–H groups in total. The quantitative estimate of drug-likeness (QED) is 0.323. The van der Waals surface area contributed by atoms with E-state index in [0.29, 0.717) is 47.1 Å². The van der Waals surface area contributed by atoms with Gasteiger partial charge < -0.3 is 11.1 Å². The van der Waals surface area contributed by atoms with Crippen molar-refractivity contribution in [2.75, 3.05) is 7.05 Å². The van der Waals surface area contributed by atoms with Crippen LogP contribution in [0, 0.1) is 12.8 Å². The zero-order valence-corrected chi connectivity index (χ0v) is 24.6. The van der Waals surface area contributed by atoms with E-state index >= 15 is 0 Å². The molecule has 1 aliphatic heterocycles. The Morgan fingerprint density at radius 2 is 1.79 bits per heavy atom. The van der Waals surface area contributed by atoms with Gasteiger partial charge in [0.1, 0.15) is 0 Å². The zero-order valence-electron chi connectivity index (χ0n) is 23.8. The van der Waals surface area contributed by atoms with Crippen LogP contribution in [0.15, 0.2) is 94.9 Å². The molecule has 0 saturated carbocycles. The molecule has 2 aromatic heterocycles. The minimum Gasteiger partial charge on any atom is -0.403 e. The normalized spacial score (nSPS) is 19.7. The van der Waals surface area contributed by atoms with Gasteiger partial charge in [0.25, 0.3) is 5.56 Å². The van der Waals surface area contributed by atoms with Gasteiger partial charge in [0.05, 0.1) is 35.2 Å². The van der Waals surface area contributed by atoms with Crippen LogP contribution in [-0.2, 0) is 4.79 Å². The Balaban J connectivity index is 1.59. The number of carbonyl (C=O) groups is 1. The number of hydrogen-bond acceptors (Lipinski definition) is 6. The van der Waals surface area contributed by atoms with Crippen LogP contribution in [-0.4, -0.2) is 33.2 Å². The second-order valence-electron chi connectivity index (χ2n) is 10.5. The fraction of sp³-hybridized carbons (Fsp3) is 0.242. The molecule has 2 unspecified atom stereocenters. The second kappa shape index (κ2) is 12.5. The highest BCUT2D eigenvalue weighted by Crippen LogP contribution is 2.33. The molecule has 1 aliphatic rings. The number of amides is 1. The average Bonchev–Trinajstić information content (AvgIpc) is 2.99. The summed E-state index contributed by atoms with van der Waals surface area (Å²) in [7, 11) is 1.64. The Bertz CT molecular complexity index is 1740. The maximum atomic E-state index is 13.7. The van der Waals surface area contributed by atoms with Crippen LogP contribution in [0.1, 0.15) is 49.0 Å². The molecule has 0 radical (unpaired) electrons. The van der Waals surface area contributed by atoms with E-state index in [1.165, 1.54) is 6.20 Å². The van der Waals surface area contributed by atoms with E-state index in [1.807, 2.05) is 56.3 Å².